The zero-order chi connectivity index (χ0) is 29.5. The van der Waals surface area contributed by atoms with E-state index in [0.29, 0.717) is 22.8 Å². The molecule has 0 amide bonds. The van der Waals surface area contributed by atoms with Gasteiger partial charge in [0, 0.05) is 6.54 Å². The number of nitrogens with one attached hydrogen (secondary N) is 1. The summed E-state index contributed by atoms with van der Waals surface area (Å²) in [7, 11) is 0. The average Bonchev–Trinajstić information content (AvgIpc) is 3.00. The van der Waals surface area contributed by atoms with Crippen molar-refractivity contribution in [1.29, 1.82) is 0 Å². The van der Waals surface area contributed by atoms with Gasteiger partial charge < -0.3 is 9.84 Å². The molecule has 222 valence electrons. The number of benzene rings is 4. The Bertz CT molecular complexity index is 1400. The first-order valence-electron chi connectivity index (χ1n) is 16.1. The van der Waals surface area contributed by atoms with Gasteiger partial charge in [0.2, 0.25) is 0 Å². The summed E-state index contributed by atoms with van der Waals surface area (Å²) in [5.74, 6) is 1.70. The smallest absolute Gasteiger partial charge is 0.119 e. The zero-order valence-corrected chi connectivity index (χ0v) is 25.6. The largest absolute Gasteiger partial charge is 0.491 e. The van der Waals surface area contributed by atoms with E-state index in [1.807, 2.05) is 18.2 Å². The number of rotatable bonds is 10. The first-order valence-corrected chi connectivity index (χ1v) is 16.1. The molecule has 43 heavy (non-hydrogen) atoms. The Hall–Kier alpha value is -3.40. The Balaban J connectivity index is 1.06. The lowest BCUT2D eigenvalue weighted by molar-refractivity contribution is -0.110. The molecule has 8 rings (SSSR count). The van der Waals surface area contributed by atoms with Crippen LogP contribution in [0, 0.1) is 16.7 Å². The van der Waals surface area contributed by atoms with Gasteiger partial charge in [0.25, 0.3) is 0 Å². The molecule has 4 aromatic rings. The van der Waals surface area contributed by atoms with E-state index in [-0.39, 0.29) is 6.61 Å². The molecule has 4 aromatic carbocycles. The molecule has 3 unspecified atom stereocenters. The van der Waals surface area contributed by atoms with Crippen LogP contribution in [0.3, 0.4) is 0 Å². The minimum atomic E-state index is -0.682. The Kier molecular flexibility index (Phi) is 7.22. The summed E-state index contributed by atoms with van der Waals surface area (Å²) in [6, 6.07) is 40.4. The normalized spacial score (nSPS) is 28.5. The summed E-state index contributed by atoms with van der Waals surface area (Å²) in [5, 5.41) is 15.0. The fourth-order valence-corrected chi connectivity index (χ4v) is 10.1. The molecule has 4 fully saturated rings. The van der Waals surface area contributed by atoms with Crippen molar-refractivity contribution in [2.75, 3.05) is 13.2 Å². The molecule has 0 saturated heterocycles. The van der Waals surface area contributed by atoms with E-state index in [1.165, 1.54) is 44.1 Å². The van der Waals surface area contributed by atoms with Crippen LogP contribution in [0.25, 0.3) is 0 Å². The Labute approximate surface area is 257 Å². The fourth-order valence-electron chi connectivity index (χ4n) is 10.1. The topological polar surface area (TPSA) is 41.5 Å². The highest BCUT2D eigenvalue weighted by atomic mass is 16.5. The molecule has 5 atom stereocenters. The molecule has 3 nitrogen and oxygen atoms in total. The first-order chi connectivity index (χ1) is 20.8. The highest BCUT2D eigenvalue weighted by molar-refractivity contribution is 5.49. The van der Waals surface area contributed by atoms with Crippen molar-refractivity contribution in [3.05, 3.63) is 138 Å². The Morgan fingerprint density at radius 2 is 1.19 bits per heavy atom. The second-order valence-corrected chi connectivity index (χ2v) is 14.6. The summed E-state index contributed by atoms with van der Waals surface area (Å²) in [6.07, 6.45) is 7.53. The van der Waals surface area contributed by atoms with Crippen molar-refractivity contribution in [2.24, 2.45) is 16.7 Å². The molecular formula is C40H45NO2. The summed E-state index contributed by atoms with van der Waals surface area (Å²) in [4.78, 5) is 0. The highest BCUT2D eigenvalue weighted by Gasteiger charge is 2.60. The van der Waals surface area contributed by atoms with Crippen LogP contribution in [0.2, 0.25) is 0 Å². The second-order valence-electron chi connectivity index (χ2n) is 14.6. The van der Waals surface area contributed by atoms with Crippen molar-refractivity contribution in [3.8, 4) is 5.75 Å². The van der Waals surface area contributed by atoms with Gasteiger partial charge in [-0.15, -0.1) is 0 Å². The van der Waals surface area contributed by atoms with E-state index in [0.717, 1.165) is 28.4 Å². The summed E-state index contributed by atoms with van der Waals surface area (Å²) < 4.78 is 6.17. The maximum absolute atomic E-state index is 11.2. The van der Waals surface area contributed by atoms with E-state index in [2.05, 4.69) is 116 Å². The molecule has 3 heteroatoms. The molecule has 4 bridgehead atoms. The van der Waals surface area contributed by atoms with E-state index < -0.39 is 11.6 Å². The molecule has 0 spiro atoms. The number of ether oxygens (including phenoxy) is 1. The van der Waals surface area contributed by atoms with Gasteiger partial charge in [0.15, 0.2) is 0 Å². The van der Waals surface area contributed by atoms with Crippen LogP contribution >= 0.6 is 0 Å². The van der Waals surface area contributed by atoms with Gasteiger partial charge >= 0.3 is 0 Å². The lowest BCUT2D eigenvalue weighted by atomic mass is 9.39. The summed E-state index contributed by atoms with van der Waals surface area (Å²) >= 11 is 0. The third-order valence-corrected chi connectivity index (χ3v) is 10.8. The fraction of sp³-hybridized carbons (Fsp3) is 0.400. The predicted molar refractivity (Wildman–Crippen MR) is 174 cm³/mol. The van der Waals surface area contributed by atoms with E-state index in [4.69, 9.17) is 4.74 Å². The van der Waals surface area contributed by atoms with Crippen LogP contribution in [0.5, 0.6) is 5.75 Å². The Morgan fingerprint density at radius 3 is 1.65 bits per heavy atom. The lowest BCUT2D eigenvalue weighted by Crippen LogP contribution is -2.56. The van der Waals surface area contributed by atoms with Crippen LogP contribution in [0.15, 0.2) is 115 Å². The van der Waals surface area contributed by atoms with Crippen LogP contribution in [-0.4, -0.2) is 24.4 Å². The van der Waals surface area contributed by atoms with Gasteiger partial charge in [0.05, 0.1) is 5.54 Å². The van der Waals surface area contributed by atoms with Crippen LogP contribution in [-0.2, 0) is 11.0 Å². The molecule has 0 heterocycles. The van der Waals surface area contributed by atoms with Crippen molar-refractivity contribution in [2.45, 2.75) is 69.4 Å². The highest BCUT2D eigenvalue weighted by Crippen LogP contribution is 2.69. The predicted octanol–water partition coefficient (Wildman–Crippen LogP) is 8.26. The van der Waals surface area contributed by atoms with Gasteiger partial charge in [-0.05, 0) is 95.1 Å². The second kappa shape index (κ2) is 10.9. The SMILES string of the molecule is C[C@]12CC3CC(c4ccc(OCC(O)CNC(c5ccccc5)(c5ccccc5)c5ccccc5)cc4)(C1)C[C@@](C)(C3)C2. The standard InChI is InChI=1S/C40H45NO2/c1-37-22-30-23-38(2,27-37)29-39(24-30,28-37)31-18-20-36(21-19-31)43-26-35(42)25-41-40(32-12-6-3-7-13-32,33-14-8-4-9-15-33)34-16-10-5-11-17-34/h3-21,30,35,41-42H,22-29H2,1-2H3/t30?,35?,37-,38+,39?. The third-order valence-electron chi connectivity index (χ3n) is 10.8. The maximum atomic E-state index is 11.2. The summed E-state index contributed by atoms with van der Waals surface area (Å²) in [6.45, 7) is 5.68. The van der Waals surface area contributed by atoms with Crippen molar-refractivity contribution < 1.29 is 9.84 Å². The van der Waals surface area contributed by atoms with Crippen LogP contribution in [0.1, 0.15) is 74.6 Å². The first kappa shape index (κ1) is 28.4. The van der Waals surface area contributed by atoms with Crippen LogP contribution < -0.4 is 10.1 Å². The molecule has 0 radical (unpaired) electrons. The van der Waals surface area contributed by atoms with Crippen molar-refractivity contribution in [3.63, 3.8) is 0 Å². The number of hydrogen-bond acceptors (Lipinski definition) is 3. The molecule has 4 aliphatic rings. The molecular weight excluding hydrogens is 526 g/mol. The maximum Gasteiger partial charge on any atom is 0.119 e. The Morgan fingerprint density at radius 1 is 0.698 bits per heavy atom. The molecule has 4 aliphatic carbocycles. The number of aliphatic hydroxyl groups is 1. The minimum absolute atomic E-state index is 0.226. The quantitative estimate of drug-likeness (QED) is 0.188. The molecule has 0 aliphatic heterocycles. The lowest BCUT2D eigenvalue weighted by Gasteiger charge is -2.65. The van der Waals surface area contributed by atoms with Crippen LogP contribution in [0.4, 0.5) is 0 Å². The number of aliphatic hydroxyl groups excluding tert-OH is 1. The van der Waals surface area contributed by atoms with Gasteiger partial charge in [-0.1, -0.05) is 117 Å². The molecule has 4 saturated carbocycles. The third kappa shape index (κ3) is 5.32. The van der Waals surface area contributed by atoms with E-state index in [9.17, 15) is 5.11 Å². The van der Waals surface area contributed by atoms with E-state index >= 15 is 0 Å². The van der Waals surface area contributed by atoms with Gasteiger partial charge in [0.1, 0.15) is 18.5 Å². The van der Waals surface area contributed by atoms with Crippen molar-refractivity contribution >= 4 is 0 Å². The number of hydrogen-bond donors (Lipinski definition) is 2. The van der Waals surface area contributed by atoms with Gasteiger partial charge in [-0.25, -0.2) is 0 Å². The average molecular weight is 572 g/mol. The van der Waals surface area contributed by atoms with Gasteiger partial charge in [-0.3, -0.25) is 5.32 Å². The van der Waals surface area contributed by atoms with Gasteiger partial charge in [-0.2, -0.15) is 0 Å². The van der Waals surface area contributed by atoms with E-state index in [1.54, 1.807) is 0 Å². The monoisotopic (exact) mass is 571 g/mol. The summed E-state index contributed by atoms with van der Waals surface area (Å²) in [5.41, 5.74) is 5.57. The van der Waals surface area contributed by atoms with Crippen molar-refractivity contribution in [1.82, 2.24) is 5.32 Å². The molecule has 0 aromatic heterocycles. The molecule has 2 N–H and O–H groups in total. The minimum Gasteiger partial charge on any atom is -0.491 e. The zero-order valence-electron chi connectivity index (χ0n) is 25.6.